The number of amides is 5. The lowest BCUT2D eigenvalue weighted by Gasteiger charge is -2.40. The summed E-state index contributed by atoms with van der Waals surface area (Å²) in [5, 5.41) is 0. The molecule has 2 bridgehead atoms. The summed E-state index contributed by atoms with van der Waals surface area (Å²) in [7, 11) is 0. The molecule has 0 unspecified atom stereocenters. The summed E-state index contributed by atoms with van der Waals surface area (Å²) in [4.78, 5) is 60.0. The number of rotatable bonds is 3. The standard InChI is InChI=1S/C29H39N5O6/c35-22-30-9-11-31(12-10-30)27(36)18-23-7-8-33-19-24(23)5-3-15-40-26-6-2-1-4-25(26)20-34(21-28(33)37)29(38)32-13-16-39-17-14-32/h1-6,22-24H,7-21H2/b5-3-/t23-,24-/m0/s1. The summed E-state index contributed by atoms with van der Waals surface area (Å²) < 4.78 is 11.5. The van der Waals surface area contributed by atoms with Gasteiger partial charge in [0.15, 0.2) is 0 Å². The van der Waals surface area contributed by atoms with Crippen LogP contribution in [0.4, 0.5) is 4.79 Å². The van der Waals surface area contributed by atoms with Gasteiger partial charge in [-0.2, -0.15) is 0 Å². The smallest absolute Gasteiger partial charge is 0.320 e. The Labute approximate surface area is 235 Å². The molecule has 1 aromatic rings. The van der Waals surface area contributed by atoms with E-state index in [4.69, 9.17) is 9.47 Å². The van der Waals surface area contributed by atoms with E-state index in [0.717, 1.165) is 12.0 Å². The number of piperidine rings is 1. The quantitative estimate of drug-likeness (QED) is 0.410. The second-order valence-corrected chi connectivity index (χ2v) is 10.9. The van der Waals surface area contributed by atoms with Crippen molar-refractivity contribution in [2.75, 3.05) is 78.7 Å². The second-order valence-electron chi connectivity index (χ2n) is 10.9. The maximum atomic E-state index is 13.6. The van der Waals surface area contributed by atoms with E-state index in [1.807, 2.05) is 40.1 Å². The molecule has 2 atom stereocenters. The Hall–Kier alpha value is -3.60. The van der Waals surface area contributed by atoms with Crippen LogP contribution in [0.3, 0.4) is 0 Å². The average Bonchev–Trinajstić information content (AvgIpc) is 3.00. The predicted molar refractivity (Wildman–Crippen MR) is 146 cm³/mol. The van der Waals surface area contributed by atoms with Gasteiger partial charge in [0.25, 0.3) is 0 Å². The highest BCUT2D eigenvalue weighted by atomic mass is 16.5. The maximum absolute atomic E-state index is 13.6. The molecule has 3 saturated heterocycles. The van der Waals surface area contributed by atoms with E-state index in [-0.39, 0.29) is 42.8 Å². The van der Waals surface area contributed by atoms with Crippen LogP contribution >= 0.6 is 0 Å². The molecule has 3 fully saturated rings. The molecule has 1 aromatic carbocycles. The van der Waals surface area contributed by atoms with Gasteiger partial charge in [-0.25, -0.2) is 4.79 Å². The SMILES string of the molecule is O=CN1CCN(C(=O)C[C@@H]2CCN3C[C@@H]2/C=C\COc2ccccc2CN(C(=O)N2CCOCC2)CC3=O)CC1. The average molecular weight is 554 g/mol. The van der Waals surface area contributed by atoms with Crippen molar-refractivity contribution in [2.24, 2.45) is 11.8 Å². The van der Waals surface area contributed by atoms with Gasteiger partial charge in [-0.15, -0.1) is 0 Å². The Bertz CT molecular complexity index is 1100. The topological polar surface area (TPSA) is 103 Å². The summed E-state index contributed by atoms with van der Waals surface area (Å²) in [6, 6.07) is 7.45. The monoisotopic (exact) mass is 553 g/mol. The molecule has 0 aromatic heterocycles. The highest BCUT2D eigenvalue weighted by Gasteiger charge is 2.35. The third-order valence-corrected chi connectivity index (χ3v) is 8.34. The fourth-order valence-electron chi connectivity index (χ4n) is 5.92. The third-order valence-electron chi connectivity index (χ3n) is 8.34. The molecule has 0 aliphatic carbocycles. The van der Waals surface area contributed by atoms with Crippen LogP contribution in [-0.4, -0.2) is 127 Å². The van der Waals surface area contributed by atoms with Crippen molar-refractivity contribution >= 4 is 24.3 Å². The van der Waals surface area contributed by atoms with Crippen molar-refractivity contribution in [3.8, 4) is 5.75 Å². The van der Waals surface area contributed by atoms with Gasteiger partial charge in [0.05, 0.1) is 19.8 Å². The molecular formula is C29H39N5O6. The lowest BCUT2D eigenvalue weighted by molar-refractivity contribution is -0.138. The van der Waals surface area contributed by atoms with E-state index in [9.17, 15) is 19.2 Å². The predicted octanol–water partition coefficient (Wildman–Crippen LogP) is 1.04. The molecule has 5 rings (SSSR count). The van der Waals surface area contributed by atoms with E-state index in [1.54, 1.807) is 14.7 Å². The zero-order valence-electron chi connectivity index (χ0n) is 23.0. The van der Waals surface area contributed by atoms with Crippen molar-refractivity contribution < 1.29 is 28.7 Å². The number of hydrogen-bond acceptors (Lipinski definition) is 6. The van der Waals surface area contributed by atoms with Gasteiger partial charge in [0.1, 0.15) is 18.9 Å². The third kappa shape index (κ3) is 6.75. The molecule has 0 N–H and O–H groups in total. The first-order valence-corrected chi connectivity index (χ1v) is 14.3. The lowest BCUT2D eigenvalue weighted by Crippen LogP contribution is -2.53. The molecule has 4 heterocycles. The number of para-hydroxylation sites is 1. The van der Waals surface area contributed by atoms with Gasteiger partial charge >= 0.3 is 6.03 Å². The summed E-state index contributed by atoms with van der Waals surface area (Å²) >= 11 is 0. The van der Waals surface area contributed by atoms with Crippen molar-refractivity contribution in [3.63, 3.8) is 0 Å². The fourth-order valence-corrected chi connectivity index (χ4v) is 5.92. The Morgan fingerprint density at radius 3 is 2.48 bits per heavy atom. The number of nitrogens with zero attached hydrogens (tertiary/aromatic N) is 5. The summed E-state index contributed by atoms with van der Waals surface area (Å²) in [6.07, 6.45) is 6.01. The molecule has 5 amide bonds. The Morgan fingerprint density at radius 1 is 0.925 bits per heavy atom. The number of benzene rings is 1. The minimum Gasteiger partial charge on any atom is -0.489 e. The fraction of sp³-hybridized carbons (Fsp3) is 0.586. The number of urea groups is 1. The van der Waals surface area contributed by atoms with Crippen molar-refractivity contribution in [3.05, 3.63) is 42.0 Å². The highest BCUT2D eigenvalue weighted by Crippen LogP contribution is 2.30. The molecule has 0 spiro atoms. The number of carbonyl (C=O) groups excluding carboxylic acids is 4. The molecule has 0 radical (unpaired) electrons. The van der Waals surface area contributed by atoms with Crippen LogP contribution in [0.15, 0.2) is 36.4 Å². The number of fused-ring (bicyclic) bond motifs is 3. The number of hydrogen-bond donors (Lipinski definition) is 0. The second kappa shape index (κ2) is 13.2. The first-order valence-electron chi connectivity index (χ1n) is 14.3. The Kier molecular flexibility index (Phi) is 9.20. The number of piperazine rings is 1. The zero-order chi connectivity index (χ0) is 27.9. The van der Waals surface area contributed by atoms with Crippen LogP contribution in [0, 0.1) is 11.8 Å². The summed E-state index contributed by atoms with van der Waals surface area (Å²) in [6.45, 7) is 5.84. The molecular weight excluding hydrogens is 514 g/mol. The molecule has 0 saturated carbocycles. The van der Waals surface area contributed by atoms with Crippen LogP contribution in [0.1, 0.15) is 18.4 Å². The Balaban J connectivity index is 1.32. The molecule has 11 heteroatoms. The largest absolute Gasteiger partial charge is 0.489 e. The van der Waals surface area contributed by atoms with Gasteiger partial charge in [0, 0.05) is 64.3 Å². The van der Waals surface area contributed by atoms with Crippen LogP contribution in [0.2, 0.25) is 0 Å². The Morgan fingerprint density at radius 2 is 1.70 bits per heavy atom. The van der Waals surface area contributed by atoms with Gasteiger partial charge in [-0.3, -0.25) is 14.4 Å². The van der Waals surface area contributed by atoms with Crippen LogP contribution in [0.5, 0.6) is 5.75 Å². The number of carbonyl (C=O) groups is 4. The van der Waals surface area contributed by atoms with E-state index in [2.05, 4.69) is 6.08 Å². The minimum atomic E-state index is -0.175. The van der Waals surface area contributed by atoms with Gasteiger partial charge < -0.3 is 34.0 Å². The van der Waals surface area contributed by atoms with Crippen LogP contribution in [-0.2, 0) is 25.7 Å². The number of morpholine rings is 1. The zero-order valence-corrected chi connectivity index (χ0v) is 23.0. The van der Waals surface area contributed by atoms with E-state index in [0.29, 0.717) is 90.8 Å². The minimum absolute atomic E-state index is 0.000839. The van der Waals surface area contributed by atoms with E-state index >= 15 is 0 Å². The lowest BCUT2D eigenvalue weighted by atomic mass is 9.82. The molecule has 4 aliphatic heterocycles. The summed E-state index contributed by atoms with van der Waals surface area (Å²) in [5.41, 5.74) is 0.848. The van der Waals surface area contributed by atoms with Gasteiger partial charge in [-0.1, -0.05) is 30.4 Å². The van der Waals surface area contributed by atoms with Crippen molar-refractivity contribution in [1.82, 2.24) is 24.5 Å². The first kappa shape index (κ1) is 27.9. The maximum Gasteiger partial charge on any atom is 0.320 e. The number of ether oxygens (including phenoxy) is 2. The normalized spacial score (nSPS) is 25.1. The van der Waals surface area contributed by atoms with Crippen LogP contribution < -0.4 is 4.74 Å². The molecule has 216 valence electrons. The molecule has 11 nitrogen and oxygen atoms in total. The van der Waals surface area contributed by atoms with E-state index in [1.165, 1.54) is 0 Å². The van der Waals surface area contributed by atoms with Gasteiger partial charge in [0.2, 0.25) is 18.2 Å². The molecule has 40 heavy (non-hydrogen) atoms. The van der Waals surface area contributed by atoms with Crippen molar-refractivity contribution in [1.29, 1.82) is 0 Å². The summed E-state index contributed by atoms with van der Waals surface area (Å²) in [5.74, 6) is 0.788. The van der Waals surface area contributed by atoms with E-state index < -0.39 is 0 Å². The highest BCUT2D eigenvalue weighted by molar-refractivity contribution is 5.84. The molecule has 4 aliphatic rings. The first-order chi connectivity index (χ1) is 19.5. The van der Waals surface area contributed by atoms with Crippen molar-refractivity contribution in [2.45, 2.75) is 19.4 Å². The van der Waals surface area contributed by atoms with Crippen LogP contribution in [0.25, 0.3) is 0 Å². The van der Waals surface area contributed by atoms with Gasteiger partial charge in [-0.05, 0) is 24.3 Å².